The highest BCUT2D eigenvalue weighted by molar-refractivity contribution is 7.13. The molecule has 0 bridgehead atoms. The number of hydrogen-bond donors (Lipinski definition) is 2. The van der Waals surface area contributed by atoms with Gasteiger partial charge in [0.25, 0.3) is 5.56 Å². The van der Waals surface area contributed by atoms with Crippen LogP contribution in [0.15, 0.2) is 46.6 Å². The van der Waals surface area contributed by atoms with E-state index in [4.69, 9.17) is 5.73 Å². The molecule has 2 aromatic heterocycles. The number of benzene rings is 1. The first-order valence-corrected chi connectivity index (χ1v) is 10.3. The zero-order valence-corrected chi connectivity index (χ0v) is 16.5. The van der Waals surface area contributed by atoms with E-state index in [0.717, 1.165) is 29.8 Å². The number of amides is 1. The third kappa shape index (κ3) is 3.45. The summed E-state index contributed by atoms with van der Waals surface area (Å²) >= 11 is 1.50. The monoisotopic (exact) mass is 394 g/mol. The molecule has 3 aromatic rings. The van der Waals surface area contributed by atoms with Crippen LogP contribution in [0.25, 0.3) is 10.6 Å². The highest BCUT2D eigenvalue weighted by Gasteiger charge is 2.22. The molecule has 2 heterocycles. The topological polar surface area (TPSA) is 90.0 Å². The number of thiophene rings is 1. The maximum absolute atomic E-state index is 12.9. The van der Waals surface area contributed by atoms with Gasteiger partial charge in [-0.1, -0.05) is 18.2 Å². The van der Waals surface area contributed by atoms with Crippen LogP contribution in [0.1, 0.15) is 36.9 Å². The molecule has 1 amide bonds. The van der Waals surface area contributed by atoms with Crippen molar-refractivity contribution < 1.29 is 4.79 Å². The van der Waals surface area contributed by atoms with Gasteiger partial charge in [0.15, 0.2) is 0 Å². The molecule has 28 heavy (non-hydrogen) atoms. The average Bonchev–Trinajstić information content (AvgIpc) is 3.24. The van der Waals surface area contributed by atoms with E-state index in [1.165, 1.54) is 33.6 Å². The molecule has 144 valence electrons. The predicted octanol–water partition coefficient (Wildman–Crippen LogP) is 3.63. The average molecular weight is 394 g/mol. The highest BCUT2D eigenvalue weighted by Crippen LogP contribution is 2.28. The van der Waals surface area contributed by atoms with Crippen LogP contribution < -0.4 is 16.6 Å². The van der Waals surface area contributed by atoms with Crippen molar-refractivity contribution in [2.45, 2.75) is 38.6 Å². The summed E-state index contributed by atoms with van der Waals surface area (Å²) in [6.45, 7) is 1.66. The molecule has 1 aromatic carbocycles. The van der Waals surface area contributed by atoms with E-state index in [2.05, 4.69) is 16.5 Å². The van der Waals surface area contributed by atoms with Gasteiger partial charge < -0.3 is 11.1 Å². The minimum atomic E-state index is -0.783. The van der Waals surface area contributed by atoms with Gasteiger partial charge in [-0.25, -0.2) is 4.68 Å². The van der Waals surface area contributed by atoms with Gasteiger partial charge in [0.05, 0.1) is 4.88 Å². The van der Waals surface area contributed by atoms with Gasteiger partial charge in [0.2, 0.25) is 5.91 Å². The molecule has 0 spiro atoms. The molecule has 0 saturated carbocycles. The molecule has 0 fully saturated rings. The summed E-state index contributed by atoms with van der Waals surface area (Å²) < 4.78 is 1.18. The van der Waals surface area contributed by atoms with E-state index in [1.54, 1.807) is 13.0 Å². The highest BCUT2D eigenvalue weighted by atomic mass is 32.1. The van der Waals surface area contributed by atoms with Gasteiger partial charge in [-0.15, -0.1) is 11.3 Å². The zero-order valence-electron chi connectivity index (χ0n) is 15.6. The van der Waals surface area contributed by atoms with Crippen molar-refractivity contribution in [3.05, 3.63) is 63.3 Å². The smallest absolute Gasteiger partial charge is 0.290 e. The van der Waals surface area contributed by atoms with Gasteiger partial charge in [-0.3, -0.25) is 9.59 Å². The Bertz CT molecular complexity index is 1070. The van der Waals surface area contributed by atoms with Crippen molar-refractivity contribution in [2.24, 2.45) is 0 Å². The van der Waals surface area contributed by atoms with E-state index in [9.17, 15) is 9.59 Å². The molecule has 0 saturated heterocycles. The Morgan fingerprint density at radius 1 is 1.25 bits per heavy atom. The van der Waals surface area contributed by atoms with E-state index in [-0.39, 0.29) is 11.6 Å². The minimum Gasteiger partial charge on any atom is -0.394 e. The van der Waals surface area contributed by atoms with E-state index < -0.39 is 11.6 Å². The number of nitrogen functional groups attached to an aromatic ring is 1. The summed E-state index contributed by atoms with van der Waals surface area (Å²) in [5.41, 5.74) is 9.42. The second kappa shape index (κ2) is 7.59. The van der Waals surface area contributed by atoms with Gasteiger partial charge in [0, 0.05) is 5.69 Å². The number of carbonyl (C=O) groups excluding carboxylic acids is 1. The van der Waals surface area contributed by atoms with Crippen LogP contribution in [0.4, 0.5) is 11.4 Å². The lowest BCUT2D eigenvalue weighted by Gasteiger charge is -2.21. The molecule has 0 aliphatic heterocycles. The number of anilines is 2. The number of aromatic nitrogens is 2. The second-order valence-electron chi connectivity index (χ2n) is 7.03. The van der Waals surface area contributed by atoms with E-state index >= 15 is 0 Å². The van der Waals surface area contributed by atoms with Crippen LogP contribution >= 0.6 is 11.3 Å². The maximum Gasteiger partial charge on any atom is 0.290 e. The lowest BCUT2D eigenvalue weighted by molar-refractivity contribution is -0.119. The van der Waals surface area contributed by atoms with Crippen LogP contribution in [0.2, 0.25) is 0 Å². The standard InChI is InChI=1S/C21H22N4O2S/c1-13(20(26)23-17-9-4-7-14-6-2-3-8-15(14)17)25-21(27)16(22)12-18(24-25)19-10-5-11-28-19/h4-5,7,9-13H,2-3,6,8,22H2,1H3,(H,23,26)/t13-/m1/s1. The first kappa shape index (κ1) is 18.4. The maximum atomic E-state index is 12.9. The van der Waals surface area contributed by atoms with Crippen molar-refractivity contribution in [1.82, 2.24) is 9.78 Å². The molecule has 0 unspecified atom stereocenters. The van der Waals surface area contributed by atoms with E-state index in [1.807, 2.05) is 29.6 Å². The molecule has 4 rings (SSSR count). The first-order chi connectivity index (χ1) is 13.5. The van der Waals surface area contributed by atoms with Crippen LogP contribution in [0.5, 0.6) is 0 Å². The Morgan fingerprint density at radius 3 is 2.86 bits per heavy atom. The number of rotatable bonds is 4. The molecule has 7 heteroatoms. The van der Waals surface area contributed by atoms with Crippen molar-refractivity contribution in [1.29, 1.82) is 0 Å². The fourth-order valence-corrected chi connectivity index (χ4v) is 4.27. The van der Waals surface area contributed by atoms with Gasteiger partial charge in [0.1, 0.15) is 17.4 Å². The Balaban J connectivity index is 1.64. The molecule has 3 N–H and O–H groups in total. The van der Waals surface area contributed by atoms with Crippen molar-refractivity contribution in [2.75, 3.05) is 11.1 Å². The van der Waals surface area contributed by atoms with Gasteiger partial charge in [-0.05, 0) is 67.3 Å². The zero-order chi connectivity index (χ0) is 19.7. The Kier molecular flexibility index (Phi) is 5.00. The van der Waals surface area contributed by atoms with Crippen LogP contribution in [-0.2, 0) is 17.6 Å². The largest absolute Gasteiger partial charge is 0.394 e. The molecular weight excluding hydrogens is 372 g/mol. The summed E-state index contributed by atoms with van der Waals surface area (Å²) in [4.78, 5) is 26.3. The fourth-order valence-electron chi connectivity index (χ4n) is 3.59. The Hall–Kier alpha value is -2.93. The molecular formula is C21H22N4O2S. The first-order valence-electron chi connectivity index (χ1n) is 9.39. The summed E-state index contributed by atoms with van der Waals surface area (Å²) in [5.74, 6) is -0.281. The van der Waals surface area contributed by atoms with Crippen LogP contribution in [-0.4, -0.2) is 15.7 Å². The normalized spacial score (nSPS) is 14.3. The molecule has 1 aliphatic carbocycles. The molecule has 0 radical (unpaired) electrons. The van der Waals surface area contributed by atoms with Crippen molar-refractivity contribution in [3.8, 4) is 10.6 Å². The van der Waals surface area contributed by atoms with E-state index in [0.29, 0.717) is 5.69 Å². The van der Waals surface area contributed by atoms with Crippen LogP contribution in [0, 0.1) is 0 Å². The summed E-state index contributed by atoms with van der Waals surface area (Å²) in [6, 6.07) is 10.6. The summed E-state index contributed by atoms with van der Waals surface area (Å²) in [6.07, 6.45) is 4.29. The SMILES string of the molecule is C[C@H](C(=O)Nc1cccc2c1CCCC2)n1nc(-c2cccs2)cc(N)c1=O. The number of nitrogens with two attached hydrogens (primary N) is 1. The lowest BCUT2D eigenvalue weighted by Crippen LogP contribution is -2.35. The minimum absolute atomic E-state index is 0.0788. The number of fused-ring (bicyclic) bond motifs is 1. The molecule has 6 nitrogen and oxygen atoms in total. The second-order valence-corrected chi connectivity index (χ2v) is 7.98. The number of aryl methyl sites for hydroxylation is 1. The van der Waals surface area contributed by atoms with Gasteiger partial charge in [-0.2, -0.15) is 5.10 Å². The van der Waals surface area contributed by atoms with Crippen molar-refractivity contribution in [3.63, 3.8) is 0 Å². The lowest BCUT2D eigenvalue weighted by atomic mass is 9.90. The van der Waals surface area contributed by atoms with Crippen molar-refractivity contribution >= 4 is 28.6 Å². The third-order valence-electron chi connectivity index (χ3n) is 5.14. The third-order valence-corrected chi connectivity index (χ3v) is 6.03. The Labute approximate surface area is 167 Å². The summed E-state index contributed by atoms with van der Waals surface area (Å²) in [5, 5.41) is 9.32. The number of carbonyl (C=O) groups is 1. The van der Waals surface area contributed by atoms with Crippen LogP contribution in [0.3, 0.4) is 0 Å². The summed E-state index contributed by atoms with van der Waals surface area (Å²) in [7, 11) is 0. The fraction of sp³-hybridized carbons (Fsp3) is 0.286. The van der Waals surface area contributed by atoms with Gasteiger partial charge >= 0.3 is 0 Å². The predicted molar refractivity (Wildman–Crippen MR) is 113 cm³/mol. The quantitative estimate of drug-likeness (QED) is 0.707. The Morgan fingerprint density at radius 2 is 2.07 bits per heavy atom. The molecule has 1 aliphatic rings. The number of hydrogen-bond acceptors (Lipinski definition) is 5. The number of nitrogens with zero attached hydrogens (tertiary/aromatic N) is 2. The number of nitrogens with one attached hydrogen (secondary N) is 1. The molecule has 1 atom stereocenters.